The number of rotatable bonds is 5. The van der Waals surface area contributed by atoms with Crippen LogP contribution in [-0.2, 0) is 4.79 Å². The predicted molar refractivity (Wildman–Crippen MR) is 93.1 cm³/mol. The van der Waals surface area contributed by atoms with Crippen molar-refractivity contribution in [3.63, 3.8) is 0 Å². The first-order chi connectivity index (χ1) is 10.9. The Morgan fingerprint density at radius 3 is 2.61 bits per heavy atom. The van der Waals surface area contributed by atoms with Crippen molar-refractivity contribution < 1.29 is 9.59 Å². The molecule has 0 fully saturated rings. The van der Waals surface area contributed by atoms with Crippen LogP contribution < -0.4 is 5.32 Å². The summed E-state index contributed by atoms with van der Waals surface area (Å²) in [6, 6.07) is 6.68. The number of halogens is 1. The number of hydrogen-bond acceptors (Lipinski definition) is 4. The van der Waals surface area contributed by atoms with Gasteiger partial charge in [0.25, 0.3) is 5.91 Å². The van der Waals surface area contributed by atoms with E-state index in [1.54, 1.807) is 30.5 Å². The largest absolute Gasteiger partial charge is 0.327 e. The van der Waals surface area contributed by atoms with Crippen molar-refractivity contribution in [1.82, 2.24) is 9.88 Å². The molecule has 0 spiro atoms. The number of nitrogens with one attached hydrogen (secondary N) is 1. The third-order valence-corrected chi connectivity index (χ3v) is 4.33. The van der Waals surface area contributed by atoms with Crippen molar-refractivity contribution >= 4 is 39.9 Å². The molecule has 0 aliphatic carbocycles. The molecule has 7 heteroatoms. The molecule has 0 atom stereocenters. The van der Waals surface area contributed by atoms with Crippen LogP contribution in [0, 0.1) is 6.92 Å². The highest BCUT2D eigenvalue weighted by molar-refractivity contribution is 7.15. The quantitative estimate of drug-likeness (QED) is 0.895. The molecule has 0 aliphatic rings. The van der Waals surface area contributed by atoms with Gasteiger partial charge in [0, 0.05) is 17.1 Å². The van der Waals surface area contributed by atoms with Crippen LogP contribution in [0.25, 0.3) is 0 Å². The SMILES string of the molecule is Cc1cnc(NC(=O)CN(C(=O)c2ccccc2Cl)C(C)C)s1. The molecule has 0 aliphatic heterocycles. The Hall–Kier alpha value is -1.92. The van der Waals surface area contributed by atoms with Crippen molar-refractivity contribution in [2.45, 2.75) is 26.8 Å². The molecule has 0 saturated heterocycles. The van der Waals surface area contributed by atoms with Crippen LogP contribution >= 0.6 is 22.9 Å². The van der Waals surface area contributed by atoms with E-state index in [9.17, 15) is 9.59 Å². The summed E-state index contributed by atoms with van der Waals surface area (Å²) in [6.45, 7) is 5.57. The lowest BCUT2D eigenvalue weighted by Crippen LogP contribution is -2.42. The van der Waals surface area contributed by atoms with Gasteiger partial charge in [-0.3, -0.25) is 9.59 Å². The van der Waals surface area contributed by atoms with E-state index < -0.39 is 0 Å². The average molecular weight is 352 g/mol. The Labute approximate surface area is 144 Å². The number of hydrogen-bond donors (Lipinski definition) is 1. The lowest BCUT2D eigenvalue weighted by molar-refractivity contribution is -0.117. The number of aromatic nitrogens is 1. The van der Waals surface area contributed by atoms with E-state index in [-0.39, 0.29) is 24.4 Å². The summed E-state index contributed by atoms with van der Waals surface area (Å²) >= 11 is 7.47. The molecule has 2 rings (SSSR count). The highest BCUT2D eigenvalue weighted by atomic mass is 35.5. The second kappa shape index (κ2) is 7.57. The third kappa shape index (κ3) is 4.53. The van der Waals surface area contributed by atoms with Crippen LogP contribution in [0.2, 0.25) is 5.02 Å². The second-order valence-corrected chi connectivity index (χ2v) is 6.97. The minimum absolute atomic E-state index is 0.0552. The number of anilines is 1. The summed E-state index contributed by atoms with van der Waals surface area (Å²) < 4.78 is 0. The van der Waals surface area contributed by atoms with Crippen molar-refractivity contribution in [2.24, 2.45) is 0 Å². The van der Waals surface area contributed by atoms with Gasteiger partial charge in [-0.25, -0.2) is 4.98 Å². The fourth-order valence-electron chi connectivity index (χ4n) is 2.00. The monoisotopic (exact) mass is 351 g/mol. The normalized spacial score (nSPS) is 10.7. The lowest BCUT2D eigenvalue weighted by Gasteiger charge is -2.26. The fraction of sp³-hybridized carbons (Fsp3) is 0.312. The van der Waals surface area contributed by atoms with Gasteiger partial charge in [-0.05, 0) is 32.9 Å². The van der Waals surface area contributed by atoms with Crippen LogP contribution in [0.1, 0.15) is 29.1 Å². The molecule has 1 aromatic carbocycles. The van der Waals surface area contributed by atoms with Gasteiger partial charge in [-0.1, -0.05) is 23.7 Å². The van der Waals surface area contributed by atoms with Crippen LogP contribution in [0.15, 0.2) is 30.5 Å². The van der Waals surface area contributed by atoms with Gasteiger partial charge in [-0.2, -0.15) is 0 Å². The van der Waals surface area contributed by atoms with E-state index in [4.69, 9.17) is 11.6 Å². The first kappa shape index (κ1) is 17.4. The molecule has 2 amide bonds. The number of benzene rings is 1. The van der Waals surface area contributed by atoms with Gasteiger partial charge in [-0.15, -0.1) is 11.3 Å². The smallest absolute Gasteiger partial charge is 0.256 e. The summed E-state index contributed by atoms with van der Waals surface area (Å²) in [5.74, 6) is -0.551. The topological polar surface area (TPSA) is 62.3 Å². The van der Waals surface area contributed by atoms with E-state index in [1.807, 2.05) is 20.8 Å². The highest BCUT2D eigenvalue weighted by Gasteiger charge is 2.23. The number of carbonyl (C=O) groups excluding carboxylic acids is 2. The first-order valence-corrected chi connectivity index (χ1v) is 8.35. The summed E-state index contributed by atoms with van der Waals surface area (Å²) in [5.41, 5.74) is 0.390. The van der Waals surface area contributed by atoms with E-state index in [0.29, 0.717) is 15.7 Å². The van der Waals surface area contributed by atoms with Gasteiger partial charge in [0.2, 0.25) is 5.91 Å². The zero-order chi connectivity index (χ0) is 17.0. The molecule has 0 unspecified atom stereocenters. The molecule has 5 nitrogen and oxygen atoms in total. The van der Waals surface area contributed by atoms with Gasteiger partial charge in [0.15, 0.2) is 5.13 Å². The first-order valence-electron chi connectivity index (χ1n) is 7.16. The molecule has 122 valence electrons. The standard InChI is InChI=1S/C16H18ClN3O2S/c1-10(2)20(15(22)12-6-4-5-7-13(12)17)9-14(21)19-16-18-8-11(3)23-16/h4-8,10H,9H2,1-3H3,(H,18,19,21). The minimum atomic E-state index is -0.284. The van der Waals surface area contributed by atoms with Crippen LogP contribution in [0.4, 0.5) is 5.13 Å². The molecule has 0 saturated carbocycles. The summed E-state index contributed by atoms with van der Waals surface area (Å²) in [5, 5.41) is 3.61. The molecule has 23 heavy (non-hydrogen) atoms. The summed E-state index contributed by atoms with van der Waals surface area (Å²) in [6.07, 6.45) is 1.69. The zero-order valence-electron chi connectivity index (χ0n) is 13.2. The van der Waals surface area contributed by atoms with Gasteiger partial charge >= 0.3 is 0 Å². The molecule has 1 N–H and O–H groups in total. The average Bonchev–Trinajstić information content (AvgIpc) is 2.89. The number of carbonyl (C=O) groups is 2. The van der Waals surface area contributed by atoms with Crippen LogP contribution in [0.3, 0.4) is 0 Å². The van der Waals surface area contributed by atoms with Crippen molar-refractivity contribution in [3.05, 3.63) is 45.9 Å². The van der Waals surface area contributed by atoms with Crippen LogP contribution in [0.5, 0.6) is 0 Å². The molecule has 0 radical (unpaired) electrons. The maximum absolute atomic E-state index is 12.6. The number of nitrogens with zero attached hydrogens (tertiary/aromatic N) is 2. The van der Waals surface area contributed by atoms with Gasteiger partial charge in [0.1, 0.15) is 6.54 Å². The van der Waals surface area contributed by atoms with Gasteiger partial charge < -0.3 is 10.2 Å². The number of thiazole rings is 1. The van der Waals surface area contributed by atoms with Gasteiger partial charge in [0.05, 0.1) is 10.6 Å². The molecule has 0 bridgehead atoms. The Bertz CT molecular complexity index is 715. The molecule has 1 heterocycles. The second-order valence-electron chi connectivity index (χ2n) is 5.33. The Morgan fingerprint density at radius 1 is 1.35 bits per heavy atom. The van der Waals surface area contributed by atoms with E-state index in [1.165, 1.54) is 16.2 Å². The minimum Gasteiger partial charge on any atom is -0.327 e. The number of aryl methyl sites for hydroxylation is 1. The Balaban J connectivity index is 2.11. The lowest BCUT2D eigenvalue weighted by atomic mass is 10.1. The van der Waals surface area contributed by atoms with Crippen molar-refractivity contribution in [3.8, 4) is 0 Å². The predicted octanol–water partition coefficient (Wildman–Crippen LogP) is 3.59. The maximum atomic E-state index is 12.6. The fourth-order valence-corrected chi connectivity index (χ4v) is 2.90. The Kier molecular flexibility index (Phi) is 5.74. The zero-order valence-corrected chi connectivity index (χ0v) is 14.7. The van der Waals surface area contributed by atoms with E-state index in [0.717, 1.165) is 4.88 Å². The molecule has 1 aromatic heterocycles. The highest BCUT2D eigenvalue weighted by Crippen LogP contribution is 2.19. The van der Waals surface area contributed by atoms with E-state index in [2.05, 4.69) is 10.3 Å². The third-order valence-electron chi connectivity index (χ3n) is 3.17. The van der Waals surface area contributed by atoms with Crippen molar-refractivity contribution in [1.29, 1.82) is 0 Å². The van der Waals surface area contributed by atoms with E-state index >= 15 is 0 Å². The number of amides is 2. The Morgan fingerprint density at radius 2 is 2.04 bits per heavy atom. The summed E-state index contributed by atoms with van der Waals surface area (Å²) in [7, 11) is 0. The van der Waals surface area contributed by atoms with Crippen LogP contribution in [-0.4, -0.2) is 34.3 Å². The maximum Gasteiger partial charge on any atom is 0.256 e. The molecule has 2 aromatic rings. The van der Waals surface area contributed by atoms with Crippen molar-refractivity contribution in [2.75, 3.05) is 11.9 Å². The molecular weight excluding hydrogens is 334 g/mol. The molecular formula is C16H18ClN3O2S. The summed E-state index contributed by atoms with van der Waals surface area (Å²) in [4.78, 5) is 31.4.